The van der Waals surface area contributed by atoms with Crippen LogP contribution in [0.1, 0.15) is 45.8 Å². The number of nitrogens with zero attached hydrogens (tertiary/aromatic N) is 1. The van der Waals surface area contributed by atoms with Crippen molar-refractivity contribution < 1.29 is 9.90 Å². The number of aliphatic hydroxyl groups is 1. The van der Waals surface area contributed by atoms with Gasteiger partial charge in [-0.25, -0.2) is 0 Å². The van der Waals surface area contributed by atoms with Crippen LogP contribution in [0.2, 0.25) is 0 Å². The zero-order valence-electron chi connectivity index (χ0n) is 11.4. The van der Waals surface area contributed by atoms with E-state index in [0.29, 0.717) is 5.92 Å². The lowest BCUT2D eigenvalue weighted by molar-refractivity contribution is 0.0266. The fourth-order valence-corrected chi connectivity index (χ4v) is 4.35. The van der Waals surface area contributed by atoms with E-state index in [9.17, 15) is 9.90 Å². The Labute approximate surface area is 118 Å². The average Bonchev–Trinajstić information content (AvgIpc) is 2.79. The number of hydrogen-bond acceptors (Lipinski definition) is 3. The standard InChI is InChI=1S/C15H21NO2S/c1-16(9-10-6-12(17)7-10)15(18)14-8-11-4-2-3-5-13(11)19-14/h8,10,12,17H,2-7,9H2,1H3. The van der Waals surface area contributed by atoms with Crippen molar-refractivity contribution in [3.8, 4) is 0 Å². The van der Waals surface area contributed by atoms with Crippen molar-refractivity contribution in [2.75, 3.05) is 13.6 Å². The van der Waals surface area contributed by atoms with E-state index in [1.807, 2.05) is 11.9 Å². The molecule has 104 valence electrons. The summed E-state index contributed by atoms with van der Waals surface area (Å²) in [6.45, 7) is 0.776. The van der Waals surface area contributed by atoms with Crippen LogP contribution in [0, 0.1) is 5.92 Å². The zero-order valence-corrected chi connectivity index (χ0v) is 12.2. The molecule has 0 spiro atoms. The number of carbonyl (C=O) groups is 1. The van der Waals surface area contributed by atoms with Gasteiger partial charge in [0.25, 0.3) is 5.91 Å². The van der Waals surface area contributed by atoms with Gasteiger partial charge >= 0.3 is 0 Å². The molecular weight excluding hydrogens is 258 g/mol. The second-order valence-electron chi connectivity index (χ2n) is 5.94. The van der Waals surface area contributed by atoms with E-state index in [-0.39, 0.29) is 12.0 Å². The Morgan fingerprint density at radius 3 is 2.84 bits per heavy atom. The molecule has 1 aromatic heterocycles. The van der Waals surface area contributed by atoms with Gasteiger partial charge in [-0.05, 0) is 56.1 Å². The second kappa shape index (κ2) is 5.25. The van der Waals surface area contributed by atoms with Crippen molar-refractivity contribution in [3.05, 3.63) is 21.4 Å². The van der Waals surface area contributed by atoms with Gasteiger partial charge in [-0.3, -0.25) is 4.79 Å². The minimum atomic E-state index is -0.137. The van der Waals surface area contributed by atoms with Gasteiger partial charge in [-0.1, -0.05) is 0 Å². The fraction of sp³-hybridized carbons (Fsp3) is 0.667. The molecule has 4 heteroatoms. The van der Waals surface area contributed by atoms with Crippen LogP contribution in [-0.2, 0) is 12.8 Å². The third kappa shape index (κ3) is 2.70. The third-order valence-electron chi connectivity index (χ3n) is 4.30. The van der Waals surface area contributed by atoms with Crippen molar-refractivity contribution in [3.63, 3.8) is 0 Å². The highest BCUT2D eigenvalue weighted by Crippen LogP contribution is 2.31. The van der Waals surface area contributed by atoms with Crippen LogP contribution in [0.5, 0.6) is 0 Å². The molecule has 0 aliphatic heterocycles. The van der Waals surface area contributed by atoms with Crippen LogP contribution in [-0.4, -0.2) is 35.6 Å². The summed E-state index contributed by atoms with van der Waals surface area (Å²) in [5, 5.41) is 9.30. The number of hydrogen-bond donors (Lipinski definition) is 1. The minimum Gasteiger partial charge on any atom is -0.393 e. The van der Waals surface area contributed by atoms with Gasteiger partial charge in [-0.15, -0.1) is 11.3 Å². The van der Waals surface area contributed by atoms with Crippen LogP contribution < -0.4 is 0 Å². The molecule has 19 heavy (non-hydrogen) atoms. The van der Waals surface area contributed by atoms with Crippen molar-refractivity contribution in [1.29, 1.82) is 0 Å². The van der Waals surface area contributed by atoms with Crippen LogP contribution in [0.4, 0.5) is 0 Å². The van der Waals surface area contributed by atoms with Gasteiger partial charge in [0.15, 0.2) is 0 Å². The van der Waals surface area contributed by atoms with Crippen LogP contribution >= 0.6 is 11.3 Å². The Balaban J connectivity index is 1.64. The van der Waals surface area contributed by atoms with Crippen molar-refractivity contribution in [2.24, 2.45) is 5.92 Å². The van der Waals surface area contributed by atoms with Gasteiger partial charge in [-0.2, -0.15) is 0 Å². The number of thiophene rings is 1. The summed E-state index contributed by atoms with van der Waals surface area (Å²) in [5.74, 6) is 0.638. The first-order chi connectivity index (χ1) is 9.13. The molecule has 0 saturated heterocycles. The highest BCUT2D eigenvalue weighted by Gasteiger charge is 2.29. The molecule has 1 amide bonds. The molecule has 0 aromatic carbocycles. The molecule has 0 atom stereocenters. The molecule has 0 unspecified atom stereocenters. The number of aryl methyl sites for hydroxylation is 2. The monoisotopic (exact) mass is 279 g/mol. The molecule has 0 radical (unpaired) electrons. The Kier molecular flexibility index (Phi) is 3.63. The summed E-state index contributed by atoms with van der Waals surface area (Å²) in [5.41, 5.74) is 1.40. The summed E-state index contributed by atoms with van der Waals surface area (Å²) in [7, 11) is 1.88. The summed E-state index contributed by atoms with van der Waals surface area (Å²) >= 11 is 1.68. The average molecular weight is 279 g/mol. The molecule has 1 aromatic rings. The van der Waals surface area contributed by atoms with Crippen molar-refractivity contribution in [2.45, 2.75) is 44.6 Å². The number of rotatable bonds is 3. The maximum Gasteiger partial charge on any atom is 0.263 e. The summed E-state index contributed by atoms with van der Waals surface area (Å²) in [4.78, 5) is 16.5. The first kappa shape index (κ1) is 13.1. The second-order valence-corrected chi connectivity index (χ2v) is 7.08. The lowest BCUT2D eigenvalue weighted by Gasteiger charge is -2.34. The third-order valence-corrected chi connectivity index (χ3v) is 5.52. The first-order valence-electron chi connectivity index (χ1n) is 7.18. The number of amides is 1. The largest absolute Gasteiger partial charge is 0.393 e. The van der Waals surface area contributed by atoms with Crippen LogP contribution in [0.3, 0.4) is 0 Å². The van der Waals surface area contributed by atoms with E-state index in [0.717, 1.165) is 37.1 Å². The molecule has 0 bridgehead atoms. The van der Waals surface area contributed by atoms with E-state index < -0.39 is 0 Å². The fourth-order valence-electron chi connectivity index (χ4n) is 3.10. The Hall–Kier alpha value is -0.870. The summed E-state index contributed by atoms with van der Waals surface area (Å²) in [6.07, 6.45) is 6.35. The highest BCUT2D eigenvalue weighted by molar-refractivity contribution is 7.14. The van der Waals surface area contributed by atoms with Gasteiger partial charge < -0.3 is 10.0 Å². The molecule has 2 aliphatic carbocycles. The number of fused-ring (bicyclic) bond motifs is 1. The predicted molar refractivity (Wildman–Crippen MR) is 76.7 cm³/mol. The molecule has 1 saturated carbocycles. The first-order valence-corrected chi connectivity index (χ1v) is 8.00. The molecule has 1 fully saturated rings. The van der Waals surface area contributed by atoms with Crippen LogP contribution in [0.15, 0.2) is 6.07 Å². The van der Waals surface area contributed by atoms with E-state index in [1.54, 1.807) is 11.3 Å². The number of aliphatic hydroxyl groups excluding tert-OH is 1. The Morgan fingerprint density at radius 1 is 1.42 bits per heavy atom. The zero-order chi connectivity index (χ0) is 13.4. The van der Waals surface area contributed by atoms with E-state index in [1.165, 1.54) is 23.3 Å². The SMILES string of the molecule is CN(CC1CC(O)C1)C(=O)c1cc2c(s1)CCCC2. The molecule has 1 heterocycles. The normalized spacial score (nSPS) is 25.6. The topological polar surface area (TPSA) is 40.5 Å². The summed E-state index contributed by atoms with van der Waals surface area (Å²) < 4.78 is 0. The Morgan fingerprint density at radius 2 is 2.16 bits per heavy atom. The lowest BCUT2D eigenvalue weighted by atomic mass is 9.82. The molecular formula is C15H21NO2S. The molecule has 1 N–H and O–H groups in total. The van der Waals surface area contributed by atoms with Gasteiger partial charge in [0.2, 0.25) is 0 Å². The molecule has 3 rings (SSSR count). The highest BCUT2D eigenvalue weighted by atomic mass is 32.1. The van der Waals surface area contributed by atoms with Gasteiger partial charge in [0.1, 0.15) is 0 Å². The smallest absolute Gasteiger partial charge is 0.263 e. The van der Waals surface area contributed by atoms with E-state index in [2.05, 4.69) is 6.07 Å². The number of carbonyl (C=O) groups excluding carboxylic acids is 1. The van der Waals surface area contributed by atoms with Crippen LogP contribution in [0.25, 0.3) is 0 Å². The minimum absolute atomic E-state index is 0.137. The maximum atomic E-state index is 12.4. The molecule has 2 aliphatic rings. The van der Waals surface area contributed by atoms with Crippen molar-refractivity contribution >= 4 is 17.2 Å². The Bertz CT molecular complexity index is 453. The quantitative estimate of drug-likeness (QED) is 0.923. The predicted octanol–water partition coefficient (Wildman–Crippen LogP) is 2.47. The molecule has 3 nitrogen and oxygen atoms in total. The van der Waals surface area contributed by atoms with Gasteiger partial charge in [0, 0.05) is 18.5 Å². The lowest BCUT2D eigenvalue weighted by Crippen LogP contribution is -2.39. The van der Waals surface area contributed by atoms with Crippen molar-refractivity contribution in [1.82, 2.24) is 4.90 Å². The summed E-state index contributed by atoms with van der Waals surface area (Å²) in [6, 6.07) is 2.10. The van der Waals surface area contributed by atoms with E-state index >= 15 is 0 Å². The maximum absolute atomic E-state index is 12.4. The van der Waals surface area contributed by atoms with Gasteiger partial charge in [0.05, 0.1) is 11.0 Å². The van der Waals surface area contributed by atoms with E-state index in [4.69, 9.17) is 0 Å².